The first-order valence-corrected chi connectivity index (χ1v) is 9.28. The Balaban J connectivity index is 1.87. The number of aryl methyl sites for hydroxylation is 1. The Kier molecular flexibility index (Phi) is 6.01. The van der Waals surface area contributed by atoms with E-state index in [-0.39, 0.29) is 42.2 Å². The van der Waals surface area contributed by atoms with E-state index in [1.54, 1.807) is 30.3 Å². The quantitative estimate of drug-likeness (QED) is 0.625. The van der Waals surface area contributed by atoms with Crippen LogP contribution in [0.3, 0.4) is 0 Å². The van der Waals surface area contributed by atoms with E-state index >= 15 is 0 Å². The number of aromatic nitrogens is 5. The number of hydrogen-bond acceptors (Lipinski definition) is 7. The Morgan fingerprint density at radius 2 is 1.97 bits per heavy atom. The van der Waals surface area contributed by atoms with E-state index < -0.39 is 11.2 Å². The second-order valence-electron chi connectivity index (χ2n) is 6.63. The number of carbonyl (C=O) groups excluding carboxylic acids is 1. The highest BCUT2D eigenvalue weighted by Crippen LogP contribution is 2.11. The lowest BCUT2D eigenvalue weighted by Crippen LogP contribution is -2.40. The summed E-state index contributed by atoms with van der Waals surface area (Å²) in [7, 11) is 1.36. The van der Waals surface area contributed by atoms with Gasteiger partial charge in [-0.25, -0.2) is 4.79 Å². The average Bonchev–Trinajstić information content (AvgIpc) is 3.20. The fourth-order valence-electron chi connectivity index (χ4n) is 2.57. The van der Waals surface area contributed by atoms with Crippen LogP contribution in [0.4, 0.5) is 0 Å². The molecule has 1 N–H and O–H groups in total. The van der Waals surface area contributed by atoms with Crippen molar-refractivity contribution in [1.29, 1.82) is 0 Å². The van der Waals surface area contributed by atoms with Crippen LogP contribution in [0, 0.1) is 0 Å². The highest BCUT2D eigenvalue weighted by molar-refractivity contribution is 5.76. The molecule has 0 saturated carbocycles. The molecule has 152 valence electrons. The van der Waals surface area contributed by atoms with Crippen LogP contribution in [0.25, 0.3) is 17.2 Å². The molecule has 0 bridgehead atoms. The molecule has 0 aliphatic carbocycles. The zero-order chi connectivity index (χ0) is 21.0. The lowest BCUT2D eigenvalue weighted by atomic mass is 10.2. The van der Waals surface area contributed by atoms with Crippen molar-refractivity contribution in [3.63, 3.8) is 0 Å². The number of amides is 1. The summed E-state index contributed by atoms with van der Waals surface area (Å²) in [6.07, 6.45) is 1.25. The molecule has 0 fully saturated rings. The van der Waals surface area contributed by atoms with Gasteiger partial charge in [-0.1, -0.05) is 30.3 Å². The third-order valence-electron chi connectivity index (χ3n) is 4.44. The molecular formula is C19H22N6O4. The molecule has 10 heteroatoms. The van der Waals surface area contributed by atoms with Crippen LogP contribution >= 0.6 is 0 Å². The summed E-state index contributed by atoms with van der Waals surface area (Å²) in [5.74, 6) is 0.0546. The minimum atomic E-state index is -0.635. The van der Waals surface area contributed by atoms with Gasteiger partial charge in [0.2, 0.25) is 17.6 Å². The van der Waals surface area contributed by atoms with Crippen LogP contribution in [0.2, 0.25) is 0 Å². The normalized spacial score (nSPS) is 12.0. The number of benzene rings is 1. The van der Waals surface area contributed by atoms with Crippen LogP contribution in [-0.4, -0.2) is 36.4 Å². The van der Waals surface area contributed by atoms with Crippen LogP contribution in [0.15, 0.2) is 44.4 Å². The van der Waals surface area contributed by atoms with Crippen molar-refractivity contribution >= 4 is 5.91 Å². The summed E-state index contributed by atoms with van der Waals surface area (Å²) < 4.78 is 7.19. The molecule has 10 nitrogen and oxygen atoms in total. The second kappa shape index (κ2) is 8.63. The zero-order valence-electron chi connectivity index (χ0n) is 16.5. The van der Waals surface area contributed by atoms with Gasteiger partial charge in [-0.3, -0.25) is 14.2 Å². The van der Waals surface area contributed by atoms with Gasteiger partial charge in [-0.15, -0.1) is 0 Å². The van der Waals surface area contributed by atoms with Gasteiger partial charge in [0.15, 0.2) is 5.69 Å². The lowest BCUT2D eigenvalue weighted by molar-refractivity contribution is -0.121. The third-order valence-corrected chi connectivity index (χ3v) is 4.44. The first-order valence-electron chi connectivity index (χ1n) is 9.28. The van der Waals surface area contributed by atoms with Gasteiger partial charge in [0, 0.05) is 25.9 Å². The highest BCUT2D eigenvalue weighted by atomic mass is 16.5. The maximum absolute atomic E-state index is 12.5. The fourth-order valence-corrected chi connectivity index (χ4v) is 2.57. The molecule has 1 unspecified atom stereocenters. The Morgan fingerprint density at radius 3 is 2.66 bits per heavy atom. The Labute approximate surface area is 166 Å². The third kappa shape index (κ3) is 4.48. The average molecular weight is 398 g/mol. The van der Waals surface area contributed by atoms with Gasteiger partial charge in [-0.2, -0.15) is 14.8 Å². The number of nitrogens with one attached hydrogen (secondary N) is 1. The van der Waals surface area contributed by atoms with Gasteiger partial charge in [0.25, 0.3) is 5.56 Å². The lowest BCUT2D eigenvalue weighted by Gasteiger charge is -2.10. The van der Waals surface area contributed by atoms with E-state index in [1.807, 2.05) is 13.8 Å². The molecule has 2 aromatic heterocycles. The summed E-state index contributed by atoms with van der Waals surface area (Å²) in [5.41, 5.74) is -0.839. The molecule has 3 aromatic rings. The SMILES string of the molecule is CCC(C)NC(=O)CCc1nc(-c2nn(-c3ccccc3)c(=O)n(C)c2=O)no1. The van der Waals surface area contributed by atoms with Crippen LogP contribution < -0.4 is 16.6 Å². The van der Waals surface area contributed by atoms with E-state index in [1.165, 1.54) is 7.05 Å². The second-order valence-corrected chi connectivity index (χ2v) is 6.63. The van der Waals surface area contributed by atoms with Crippen molar-refractivity contribution in [3.05, 3.63) is 57.1 Å². The van der Waals surface area contributed by atoms with E-state index in [4.69, 9.17) is 4.52 Å². The van der Waals surface area contributed by atoms with Gasteiger partial charge < -0.3 is 9.84 Å². The first-order chi connectivity index (χ1) is 13.9. The molecule has 1 aromatic carbocycles. The van der Waals surface area contributed by atoms with Gasteiger partial charge in [-0.05, 0) is 25.5 Å². The smallest absolute Gasteiger partial charge is 0.351 e. The van der Waals surface area contributed by atoms with Crippen LogP contribution in [0.1, 0.15) is 32.6 Å². The van der Waals surface area contributed by atoms with Crippen molar-refractivity contribution in [3.8, 4) is 17.2 Å². The van der Waals surface area contributed by atoms with Crippen molar-refractivity contribution in [2.75, 3.05) is 0 Å². The molecule has 0 saturated heterocycles. The number of nitrogens with zero attached hydrogens (tertiary/aromatic N) is 5. The molecule has 0 radical (unpaired) electrons. The molecule has 0 spiro atoms. The largest absolute Gasteiger partial charge is 0.354 e. The molecular weight excluding hydrogens is 376 g/mol. The predicted molar refractivity (Wildman–Crippen MR) is 105 cm³/mol. The zero-order valence-corrected chi connectivity index (χ0v) is 16.5. The molecule has 1 amide bonds. The number of para-hydroxylation sites is 1. The molecule has 0 aliphatic heterocycles. The van der Waals surface area contributed by atoms with Crippen LogP contribution in [0.5, 0.6) is 0 Å². The maximum atomic E-state index is 12.5. The number of carbonyl (C=O) groups is 1. The summed E-state index contributed by atoms with van der Waals surface area (Å²) in [6, 6.07) is 8.80. The molecule has 0 aliphatic rings. The number of hydrogen-bond donors (Lipinski definition) is 1. The van der Waals surface area contributed by atoms with E-state index in [0.29, 0.717) is 5.69 Å². The van der Waals surface area contributed by atoms with E-state index in [0.717, 1.165) is 15.7 Å². The standard InChI is InChI=1S/C19H22N6O4/c1-4-12(2)20-14(26)10-11-15-21-17(23-29-15)16-18(27)24(3)19(28)25(22-16)13-8-6-5-7-9-13/h5-9,12H,4,10-11H2,1-3H3,(H,20,26). The van der Waals surface area contributed by atoms with Crippen molar-refractivity contribution in [2.45, 2.75) is 39.2 Å². The minimum absolute atomic E-state index is 0.0346. The highest BCUT2D eigenvalue weighted by Gasteiger charge is 2.19. The molecule has 3 rings (SSSR count). The summed E-state index contributed by atoms with van der Waals surface area (Å²) in [6.45, 7) is 3.91. The molecule has 1 atom stereocenters. The molecule has 29 heavy (non-hydrogen) atoms. The summed E-state index contributed by atoms with van der Waals surface area (Å²) in [5, 5.41) is 10.8. The molecule has 2 heterocycles. The van der Waals surface area contributed by atoms with Gasteiger partial charge in [0.05, 0.1) is 5.69 Å². The topological polar surface area (TPSA) is 125 Å². The van der Waals surface area contributed by atoms with E-state index in [2.05, 4.69) is 20.6 Å². The van der Waals surface area contributed by atoms with Gasteiger partial charge in [0.1, 0.15) is 0 Å². The Bertz CT molecular complexity index is 1120. The fraction of sp³-hybridized carbons (Fsp3) is 0.368. The number of rotatable bonds is 7. The predicted octanol–water partition coefficient (Wildman–Crippen LogP) is 0.829. The van der Waals surface area contributed by atoms with Crippen LogP contribution in [-0.2, 0) is 18.3 Å². The first kappa shape index (κ1) is 20.2. The van der Waals surface area contributed by atoms with Crippen molar-refractivity contribution in [1.82, 2.24) is 29.8 Å². The minimum Gasteiger partial charge on any atom is -0.354 e. The Morgan fingerprint density at radius 1 is 1.24 bits per heavy atom. The van der Waals surface area contributed by atoms with Crippen molar-refractivity contribution in [2.24, 2.45) is 7.05 Å². The van der Waals surface area contributed by atoms with Gasteiger partial charge >= 0.3 is 5.69 Å². The van der Waals surface area contributed by atoms with Crippen molar-refractivity contribution < 1.29 is 9.32 Å². The summed E-state index contributed by atoms with van der Waals surface area (Å²) in [4.78, 5) is 41.0. The monoisotopic (exact) mass is 398 g/mol. The maximum Gasteiger partial charge on any atom is 0.351 e. The summed E-state index contributed by atoms with van der Waals surface area (Å²) >= 11 is 0. The Hall–Kier alpha value is -3.56. The van der Waals surface area contributed by atoms with E-state index in [9.17, 15) is 14.4 Å².